The monoisotopic (exact) mass is 392 g/mol. The minimum atomic E-state index is -2.62. The number of allylic oxidation sites excluding steroid dienone is 1. The summed E-state index contributed by atoms with van der Waals surface area (Å²) in [5.41, 5.74) is 0.244. The molecule has 0 aromatic rings. The van der Waals surface area contributed by atoms with Crippen LogP contribution in [-0.4, -0.2) is 74.1 Å². The summed E-state index contributed by atoms with van der Waals surface area (Å²) in [4.78, 5) is 39.4. The molecule has 0 unspecified atom stereocenters. The average molecular weight is 392 g/mol. The second kappa shape index (κ2) is 6.00. The fourth-order valence-electron chi connectivity index (χ4n) is 4.81. The maximum absolute atomic E-state index is 13.3. The van der Waals surface area contributed by atoms with Gasteiger partial charge in [0.15, 0.2) is 11.4 Å². The highest BCUT2D eigenvalue weighted by Gasteiger charge is 2.65. The number of hydrogen-bond donors (Lipinski definition) is 5. The molecule has 9 nitrogen and oxygen atoms in total. The van der Waals surface area contributed by atoms with E-state index < -0.39 is 63.6 Å². The lowest BCUT2D eigenvalue weighted by atomic mass is 9.56. The van der Waals surface area contributed by atoms with E-state index in [9.17, 15) is 34.8 Å². The normalized spacial score (nSPS) is 38.4. The maximum atomic E-state index is 13.3. The largest absolute Gasteiger partial charge is 0.508 e. The smallest absolute Gasteiger partial charge is 0.255 e. The minimum Gasteiger partial charge on any atom is -0.508 e. The zero-order valence-corrected chi connectivity index (χ0v) is 16.1. The van der Waals surface area contributed by atoms with E-state index in [2.05, 4.69) is 0 Å². The molecule has 3 rings (SSSR count). The molecule has 28 heavy (non-hydrogen) atoms. The predicted octanol–water partition coefficient (Wildman–Crippen LogP) is -0.744. The van der Waals surface area contributed by atoms with Gasteiger partial charge in [-0.05, 0) is 46.0 Å². The number of fused-ring (bicyclic) bond motifs is 2. The second-order valence-corrected chi connectivity index (χ2v) is 8.17. The van der Waals surface area contributed by atoms with Gasteiger partial charge in [-0.1, -0.05) is 0 Å². The molecule has 0 saturated heterocycles. The second-order valence-electron chi connectivity index (χ2n) is 8.17. The van der Waals surface area contributed by atoms with Crippen molar-refractivity contribution in [2.75, 3.05) is 14.1 Å². The summed E-state index contributed by atoms with van der Waals surface area (Å²) in [6.07, 6.45) is 1.32. The molecule has 0 spiro atoms. The molecule has 0 aliphatic heterocycles. The van der Waals surface area contributed by atoms with Gasteiger partial charge >= 0.3 is 0 Å². The van der Waals surface area contributed by atoms with E-state index in [0.717, 1.165) is 0 Å². The van der Waals surface area contributed by atoms with Crippen LogP contribution in [0.2, 0.25) is 0 Å². The zero-order valence-electron chi connectivity index (χ0n) is 16.1. The number of aliphatic hydroxyl groups excluding tert-OH is 2. The lowest BCUT2D eigenvalue weighted by Crippen LogP contribution is -2.67. The van der Waals surface area contributed by atoms with Crippen molar-refractivity contribution in [2.45, 2.75) is 37.5 Å². The third-order valence-corrected chi connectivity index (χ3v) is 6.11. The minimum absolute atomic E-state index is 0.0941. The molecule has 6 N–H and O–H groups in total. The third kappa shape index (κ3) is 2.40. The Morgan fingerprint density at radius 2 is 1.82 bits per heavy atom. The predicted molar refractivity (Wildman–Crippen MR) is 96.9 cm³/mol. The molecule has 1 saturated carbocycles. The Balaban J connectivity index is 2.33. The Hall–Kier alpha value is -2.49. The van der Waals surface area contributed by atoms with Gasteiger partial charge in [0.05, 0.1) is 11.6 Å². The van der Waals surface area contributed by atoms with Crippen molar-refractivity contribution in [3.8, 4) is 0 Å². The zero-order chi connectivity index (χ0) is 21.3. The van der Waals surface area contributed by atoms with Crippen LogP contribution in [0.15, 0.2) is 34.3 Å². The van der Waals surface area contributed by atoms with Gasteiger partial charge in [0.2, 0.25) is 5.78 Å². The van der Waals surface area contributed by atoms with Gasteiger partial charge in [0, 0.05) is 17.4 Å². The molecule has 0 aromatic carbocycles. The lowest BCUT2D eigenvalue weighted by Gasteiger charge is -2.52. The molecule has 3 aliphatic carbocycles. The number of amides is 1. The summed E-state index contributed by atoms with van der Waals surface area (Å²) < 4.78 is 0. The van der Waals surface area contributed by atoms with Crippen LogP contribution in [0.5, 0.6) is 0 Å². The summed E-state index contributed by atoms with van der Waals surface area (Å²) in [6.45, 7) is 2.96. The summed E-state index contributed by atoms with van der Waals surface area (Å²) in [6, 6.07) is -1.14. The number of ketones is 2. The van der Waals surface area contributed by atoms with Crippen molar-refractivity contribution in [3.05, 3.63) is 34.3 Å². The van der Waals surface area contributed by atoms with E-state index >= 15 is 0 Å². The van der Waals surface area contributed by atoms with Gasteiger partial charge in [-0.15, -0.1) is 0 Å². The molecule has 0 heterocycles. The Morgan fingerprint density at radius 3 is 2.32 bits per heavy atom. The molecule has 0 bridgehead atoms. The van der Waals surface area contributed by atoms with Crippen LogP contribution in [-0.2, 0) is 14.4 Å². The number of aliphatic hydroxyl groups is 4. The maximum Gasteiger partial charge on any atom is 0.255 e. The topological polar surface area (TPSA) is 161 Å². The third-order valence-electron chi connectivity index (χ3n) is 6.11. The lowest BCUT2D eigenvalue weighted by molar-refractivity contribution is -0.157. The van der Waals surface area contributed by atoms with Crippen LogP contribution >= 0.6 is 0 Å². The van der Waals surface area contributed by atoms with E-state index in [1.54, 1.807) is 0 Å². The molecule has 1 fully saturated rings. The van der Waals surface area contributed by atoms with Gasteiger partial charge in [0.1, 0.15) is 17.1 Å². The van der Waals surface area contributed by atoms with Gasteiger partial charge < -0.3 is 26.2 Å². The molecular weight excluding hydrogens is 368 g/mol. The summed E-state index contributed by atoms with van der Waals surface area (Å²) in [7, 11) is 3.06. The van der Waals surface area contributed by atoms with Crippen molar-refractivity contribution < 1.29 is 34.8 Å². The van der Waals surface area contributed by atoms with Crippen molar-refractivity contribution in [3.63, 3.8) is 0 Å². The van der Waals surface area contributed by atoms with Gasteiger partial charge in [-0.25, -0.2) is 0 Å². The summed E-state index contributed by atoms with van der Waals surface area (Å²) in [5.74, 6) is -6.71. The Morgan fingerprint density at radius 1 is 1.25 bits per heavy atom. The number of rotatable bonds is 2. The summed E-state index contributed by atoms with van der Waals surface area (Å²) in [5, 5.41) is 43.2. The van der Waals surface area contributed by atoms with E-state index in [4.69, 9.17) is 5.73 Å². The highest BCUT2D eigenvalue weighted by atomic mass is 16.3. The van der Waals surface area contributed by atoms with Crippen LogP contribution in [0.25, 0.3) is 0 Å². The average Bonchev–Trinajstić information content (AvgIpc) is 2.55. The van der Waals surface area contributed by atoms with Crippen molar-refractivity contribution in [1.29, 1.82) is 0 Å². The van der Waals surface area contributed by atoms with Crippen molar-refractivity contribution in [2.24, 2.45) is 17.6 Å². The quantitative estimate of drug-likeness (QED) is 0.384. The number of carbonyl (C=O) groups is 3. The molecule has 0 radical (unpaired) electrons. The number of nitrogens with two attached hydrogens (primary N) is 1. The molecule has 152 valence electrons. The van der Waals surface area contributed by atoms with Crippen molar-refractivity contribution >= 4 is 17.5 Å². The van der Waals surface area contributed by atoms with Gasteiger partial charge in [-0.3, -0.25) is 19.3 Å². The standard InChI is InChI=1S/C19H24N2O7/c1-7-6-18(2,27)8-5-9-12(21(3)4)14(23)11(17(20)26)16(25)19(9,28)15(24)10(8)13(7)22/h6,8-9,12,22,25,27-28H,5H2,1-4H3,(H2,20,26)/t8-,9-,12-,18-,19+/m0/s1. The highest BCUT2D eigenvalue weighted by Crippen LogP contribution is 2.52. The summed E-state index contributed by atoms with van der Waals surface area (Å²) >= 11 is 0. The molecule has 0 aromatic heterocycles. The highest BCUT2D eigenvalue weighted by molar-refractivity contribution is 6.24. The SMILES string of the molecule is CC1=C[C@](C)(O)[C@H]2C[C@H]3[C@H](N(C)C)C(=O)C(C(N)=O)=C(O)[C@]3(O)C(=O)C2=C1O. The van der Waals surface area contributed by atoms with Gasteiger partial charge in [-0.2, -0.15) is 0 Å². The first-order valence-corrected chi connectivity index (χ1v) is 8.83. The van der Waals surface area contributed by atoms with Crippen LogP contribution in [0.1, 0.15) is 20.3 Å². The fraction of sp³-hybridized carbons (Fsp3) is 0.526. The first kappa shape index (κ1) is 20.2. The van der Waals surface area contributed by atoms with Gasteiger partial charge in [0.25, 0.3) is 5.91 Å². The Kier molecular flexibility index (Phi) is 4.34. The number of carbonyl (C=O) groups excluding carboxylic acids is 3. The first-order chi connectivity index (χ1) is 12.8. The molecule has 3 aliphatic rings. The van der Waals surface area contributed by atoms with Crippen LogP contribution < -0.4 is 5.73 Å². The number of nitrogens with zero attached hydrogens (tertiary/aromatic N) is 1. The van der Waals surface area contributed by atoms with E-state index in [1.807, 2.05) is 0 Å². The Bertz CT molecular complexity index is 896. The van der Waals surface area contributed by atoms with Crippen LogP contribution in [0, 0.1) is 11.8 Å². The van der Waals surface area contributed by atoms with E-state index in [-0.39, 0.29) is 17.6 Å². The number of primary amides is 1. The number of Topliss-reactive ketones (excluding diaryl/α,β-unsaturated/α-hetero) is 2. The van der Waals surface area contributed by atoms with Crippen LogP contribution in [0.3, 0.4) is 0 Å². The number of likely N-dealkylation sites (N-methyl/N-ethyl adjacent to an activating group) is 1. The fourth-order valence-corrected chi connectivity index (χ4v) is 4.81. The van der Waals surface area contributed by atoms with Crippen LogP contribution in [0.4, 0.5) is 0 Å². The molecule has 1 amide bonds. The number of hydrogen-bond acceptors (Lipinski definition) is 8. The molecule has 5 atom stereocenters. The molecular formula is C19H24N2O7. The van der Waals surface area contributed by atoms with E-state index in [1.165, 1.54) is 38.9 Å². The van der Waals surface area contributed by atoms with Crippen molar-refractivity contribution in [1.82, 2.24) is 4.90 Å². The Labute approximate surface area is 161 Å². The van der Waals surface area contributed by atoms with E-state index in [0.29, 0.717) is 0 Å². The first-order valence-electron chi connectivity index (χ1n) is 8.83. The molecule has 9 heteroatoms.